The minimum Gasteiger partial charge on any atom is -0.457 e. The van der Waals surface area contributed by atoms with E-state index in [1.807, 2.05) is 12.1 Å². The summed E-state index contributed by atoms with van der Waals surface area (Å²) in [4.78, 5) is 39.7. The molecule has 1 fully saturated rings. The average molecular weight is 496 g/mol. The van der Waals surface area contributed by atoms with Crippen LogP contribution in [-0.2, 0) is 20.9 Å². The van der Waals surface area contributed by atoms with Crippen LogP contribution in [0, 0.1) is 11.3 Å². The third kappa shape index (κ3) is 6.91. The number of hydrogen-bond acceptors (Lipinski definition) is 8. The summed E-state index contributed by atoms with van der Waals surface area (Å²) in [7, 11) is 0. The molecule has 1 aromatic heterocycles. The molecule has 0 bridgehead atoms. The molecule has 1 amide bonds. The van der Waals surface area contributed by atoms with E-state index in [0.29, 0.717) is 22.3 Å². The number of nitrogens with zero attached hydrogens (tertiary/aromatic N) is 3. The molecule has 0 atom stereocenters. The highest BCUT2D eigenvalue weighted by molar-refractivity contribution is 7.07. The Bertz CT molecular complexity index is 1300. The van der Waals surface area contributed by atoms with Crippen LogP contribution >= 0.6 is 11.3 Å². The number of benzene rings is 1. The van der Waals surface area contributed by atoms with E-state index >= 15 is 0 Å². The van der Waals surface area contributed by atoms with E-state index in [1.54, 1.807) is 25.1 Å². The van der Waals surface area contributed by atoms with Crippen LogP contribution in [0.15, 0.2) is 41.7 Å². The second kappa shape index (κ2) is 12.7. The fourth-order valence-electron chi connectivity index (χ4n) is 3.71. The molecule has 1 aliphatic heterocycles. The summed E-state index contributed by atoms with van der Waals surface area (Å²) in [6.45, 7) is 8.36. The molecule has 0 radical (unpaired) electrons. The van der Waals surface area contributed by atoms with Gasteiger partial charge in [0.15, 0.2) is 5.57 Å². The zero-order valence-electron chi connectivity index (χ0n) is 19.7. The van der Waals surface area contributed by atoms with Crippen LogP contribution in [0.2, 0.25) is 0 Å². The van der Waals surface area contributed by atoms with Gasteiger partial charge in [0, 0.05) is 37.1 Å². The van der Waals surface area contributed by atoms with Crippen molar-refractivity contribution in [3.8, 4) is 6.07 Å². The number of likely N-dealkylation sites (tertiary alicyclic amines) is 1. The maximum atomic E-state index is 12.8. The highest BCUT2D eigenvalue weighted by Gasteiger charge is 2.16. The first-order valence-corrected chi connectivity index (χ1v) is 12.3. The summed E-state index contributed by atoms with van der Waals surface area (Å²) in [5.74, 6) is -0.849. The van der Waals surface area contributed by atoms with E-state index in [2.05, 4.69) is 22.1 Å². The third-order valence-corrected chi connectivity index (χ3v) is 6.59. The monoisotopic (exact) mass is 495 g/mol. The van der Waals surface area contributed by atoms with Crippen LogP contribution in [-0.4, -0.2) is 47.6 Å². The Morgan fingerprint density at radius 1 is 1.29 bits per heavy atom. The first-order valence-electron chi connectivity index (χ1n) is 11.5. The molecule has 0 aliphatic carbocycles. The van der Waals surface area contributed by atoms with Crippen LogP contribution in [0.3, 0.4) is 0 Å². The van der Waals surface area contributed by atoms with Crippen molar-refractivity contribution in [1.82, 2.24) is 9.47 Å². The lowest BCUT2D eigenvalue weighted by Crippen LogP contribution is -2.32. The van der Waals surface area contributed by atoms with Crippen LogP contribution in [0.1, 0.15) is 26.2 Å². The number of ether oxygens (including phenoxy) is 1. The van der Waals surface area contributed by atoms with E-state index < -0.39 is 5.97 Å². The summed E-state index contributed by atoms with van der Waals surface area (Å²) < 4.78 is 6.91. The second-order valence-electron chi connectivity index (χ2n) is 7.91. The van der Waals surface area contributed by atoms with Gasteiger partial charge >= 0.3 is 5.97 Å². The van der Waals surface area contributed by atoms with Crippen molar-refractivity contribution in [3.05, 3.63) is 56.5 Å². The maximum absolute atomic E-state index is 12.8. The predicted molar refractivity (Wildman–Crippen MR) is 137 cm³/mol. The lowest BCUT2D eigenvalue weighted by molar-refractivity contribution is -0.135. The molecule has 2 N–H and O–H groups in total. The van der Waals surface area contributed by atoms with Gasteiger partial charge in [0.1, 0.15) is 21.9 Å². The molecule has 35 heavy (non-hydrogen) atoms. The quantitative estimate of drug-likeness (QED) is 0.380. The molecule has 1 aromatic carbocycles. The Morgan fingerprint density at radius 3 is 2.71 bits per heavy atom. The SMILES string of the molecule is C=CCOC(=O)/C(C#N)=c1/s/c(=C/Nc2cccc(NC(=O)CCN3CCCC3)c2)c(=O)n1CC. The van der Waals surface area contributed by atoms with E-state index in [4.69, 9.17) is 4.74 Å². The number of aromatic nitrogens is 1. The van der Waals surface area contributed by atoms with Crippen molar-refractivity contribution in [1.29, 1.82) is 5.26 Å². The standard InChI is InChI=1S/C25H29N5O4S/c1-3-14-34-25(33)20(16-26)24-30(4-2)23(32)21(35-24)17-27-18-8-7-9-19(15-18)28-22(31)10-13-29-11-5-6-12-29/h3,7-9,15,17,27H,1,4-6,10-14H2,2H3,(H,28,31)/b21-17+,24-20+. The smallest absolute Gasteiger partial charge is 0.352 e. The van der Waals surface area contributed by atoms with Crippen molar-refractivity contribution in [2.24, 2.45) is 0 Å². The Morgan fingerprint density at radius 2 is 2.03 bits per heavy atom. The van der Waals surface area contributed by atoms with E-state index in [1.165, 1.54) is 29.7 Å². The molecule has 184 valence electrons. The molecule has 2 heterocycles. The van der Waals surface area contributed by atoms with Gasteiger partial charge in [-0.2, -0.15) is 5.26 Å². The second-order valence-corrected chi connectivity index (χ2v) is 8.94. The fourth-order valence-corrected chi connectivity index (χ4v) is 4.78. The first-order chi connectivity index (χ1) is 17.0. The van der Waals surface area contributed by atoms with E-state index in [0.717, 1.165) is 31.0 Å². The summed E-state index contributed by atoms with van der Waals surface area (Å²) >= 11 is 1.03. The van der Waals surface area contributed by atoms with Crippen molar-refractivity contribution < 1.29 is 14.3 Å². The van der Waals surface area contributed by atoms with Crippen LogP contribution in [0.25, 0.3) is 11.8 Å². The number of esters is 1. The lowest BCUT2D eigenvalue weighted by Gasteiger charge is -2.14. The minimum absolute atomic E-state index is 0.0303. The summed E-state index contributed by atoms with van der Waals surface area (Å²) in [6, 6.07) is 9.03. The molecule has 0 spiro atoms. The van der Waals surface area contributed by atoms with Gasteiger partial charge in [-0.15, -0.1) is 11.3 Å². The van der Waals surface area contributed by atoms with Gasteiger partial charge in [-0.25, -0.2) is 4.79 Å². The number of anilines is 2. The zero-order chi connectivity index (χ0) is 25.2. The van der Waals surface area contributed by atoms with Crippen LogP contribution in [0.4, 0.5) is 11.4 Å². The highest BCUT2D eigenvalue weighted by Crippen LogP contribution is 2.16. The first kappa shape index (κ1) is 25.9. The van der Waals surface area contributed by atoms with Gasteiger partial charge in [-0.05, 0) is 51.1 Å². The molecule has 10 heteroatoms. The molecular formula is C25H29N5O4S. The summed E-state index contributed by atoms with van der Waals surface area (Å²) in [5.41, 5.74) is 0.775. The Kier molecular flexibility index (Phi) is 9.40. The number of thiazole rings is 1. The molecule has 2 aromatic rings. The zero-order valence-corrected chi connectivity index (χ0v) is 20.5. The summed E-state index contributed by atoms with van der Waals surface area (Å²) in [5, 5.41) is 15.5. The number of amides is 1. The minimum atomic E-state index is -0.802. The molecule has 9 nitrogen and oxygen atoms in total. The molecule has 1 saturated heterocycles. The predicted octanol–water partition coefficient (Wildman–Crippen LogP) is 1.61. The number of rotatable bonds is 10. The maximum Gasteiger partial charge on any atom is 0.352 e. The van der Waals surface area contributed by atoms with Gasteiger partial charge in [-0.3, -0.25) is 14.2 Å². The molecule has 0 unspecified atom stereocenters. The van der Waals surface area contributed by atoms with E-state index in [-0.39, 0.29) is 34.9 Å². The third-order valence-electron chi connectivity index (χ3n) is 5.46. The molecule has 1 aliphatic rings. The Labute approximate surface area is 207 Å². The van der Waals surface area contributed by atoms with Gasteiger partial charge in [-0.1, -0.05) is 18.7 Å². The highest BCUT2D eigenvalue weighted by atomic mass is 32.1. The number of nitriles is 1. The Hall–Kier alpha value is -3.68. The molecule has 3 rings (SSSR count). The molecule has 0 saturated carbocycles. The Balaban J connectivity index is 1.77. The van der Waals surface area contributed by atoms with Crippen LogP contribution < -0.4 is 25.4 Å². The van der Waals surface area contributed by atoms with Crippen molar-refractivity contribution in [2.75, 3.05) is 36.9 Å². The number of carbonyl (C=O) groups excluding carboxylic acids is 2. The number of hydrogen-bond donors (Lipinski definition) is 2. The van der Waals surface area contributed by atoms with Crippen molar-refractivity contribution in [2.45, 2.75) is 32.7 Å². The van der Waals surface area contributed by atoms with Gasteiger partial charge < -0.3 is 20.3 Å². The molecular weight excluding hydrogens is 466 g/mol. The number of carbonyl (C=O) groups is 2. The fraction of sp³-hybridized carbons (Fsp3) is 0.360. The van der Waals surface area contributed by atoms with Crippen molar-refractivity contribution >= 4 is 46.4 Å². The van der Waals surface area contributed by atoms with Crippen molar-refractivity contribution in [3.63, 3.8) is 0 Å². The topological polar surface area (TPSA) is 116 Å². The average Bonchev–Trinajstić information content (AvgIpc) is 3.48. The van der Waals surface area contributed by atoms with Gasteiger partial charge in [0.25, 0.3) is 5.56 Å². The summed E-state index contributed by atoms with van der Waals surface area (Å²) in [6.07, 6.45) is 5.75. The number of nitrogens with one attached hydrogen (secondary N) is 2. The lowest BCUT2D eigenvalue weighted by atomic mass is 10.2. The van der Waals surface area contributed by atoms with E-state index in [9.17, 15) is 19.6 Å². The normalized spacial score (nSPS) is 14.8. The largest absolute Gasteiger partial charge is 0.457 e. The van der Waals surface area contributed by atoms with Gasteiger partial charge in [0.05, 0.1) is 0 Å². The van der Waals surface area contributed by atoms with Crippen LogP contribution in [0.5, 0.6) is 0 Å². The van der Waals surface area contributed by atoms with Gasteiger partial charge in [0.2, 0.25) is 5.91 Å².